The second-order valence-electron chi connectivity index (χ2n) is 12.1. The van der Waals surface area contributed by atoms with Crippen LogP contribution in [0.1, 0.15) is 36.8 Å². The molecule has 0 aromatic heterocycles. The van der Waals surface area contributed by atoms with E-state index < -0.39 is 35.0 Å². The summed E-state index contributed by atoms with van der Waals surface area (Å²) in [6.07, 6.45) is 2.52. The highest BCUT2D eigenvalue weighted by Gasteiger charge is 2.68. The summed E-state index contributed by atoms with van der Waals surface area (Å²) in [6.45, 7) is 3.65. The third-order valence-corrected chi connectivity index (χ3v) is 10.9. The van der Waals surface area contributed by atoms with E-state index in [9.17, 15) is 24.3 Å². The van der Waals surface area contributed by atoms with Gasteiger partial charge in [-0.1, -0.05) is 63.4 Å². The Labute approximate surface area is 262 Å². The van der Waals surface area contributed by atoms with Crippen molar-refractivity contribution in [3.05, 3.63) is 99.0 Å². The molecule has 2 aliphatic carbocycles. The number of allylic oxidation sites excluding steroid dienone is 2. The standard InChI is InChI=1S/C34H28BrClN2O5/c1-17-8-10-20(15-26(17)36)37-30(40)22-12-11-21-23(28(22)32(37)42)16-25-31(41)38(19-6-4-3-5-7-19)33(43)34(25,2)29(21)24-14-18(35)9-13-27(24)39/h3-11,13-15,22-23,25,28-29,39H,12,16H2,1-2H3/t22-,23+,25-,28-,29+,34+/m0/s1. The van der Waals surface area contributed by atoms with Crippen molar-refractivity contribution < 1.29 is 24.3 Å². The van der Waals surface area contributed by atoms with Gasteiger partial charge in [0.25, 0.3) is 0 Å². The predicted octanol–water partition coefficient (Wildman–Crippen LogP) is 6.55. The highest BCUT2D eigenvalue weighted by atomic mass is 79.9. The zero-order chi connectivity index (χ0) is 30.4. The van der Waals surface area contributed by atoms with Gasteiger partial charge in [-0.3, -0.25) is 19.2 Å². The van der Waals surface area contributed by atoms with Crippen LogP contribution >= 0.6 is 27.5 Å². The van der Waals surface area contributed by atoms with Gasteiger partial charge in [0.1, 0.15) is 5.75 Å². The fourth-order valence-corrected chi connectivity index (χ4v) is 8.47. The lowest BCUT2D eigenvalue weighted by Gasteiger charge is -2.49. The number of fused-ring (bicyclic) bond motifs is 4. The largest absolute Gasteiger partial charge is 0.508 e. The molecule has 0 bridgehead atoms. The van der Waals surface area contributed by atoms with Crippen LogP contribution in [0.4, 0.5) is 11.4 Å². The third-order valence-electron chi connectivity index (χ3n) is 10.0. The third kappa shape index (κ3) is 3.92. The molecule has 6 atom stereocenters. The Balaban J connectivity index is 1.38. The molecular formula is C34H28BrClN2O5. The Morgan fingerprint density at radius 2 is 1.63 bits per heavy atom. The van der Waals surface area contributed by atoms with Crippen LogP contribution in [0.5, 0.6) is 5.75 Å². The number of aryl methyl sites for hydroxylation is 1. The summed E-state index contributed by atoms with van der Waals surface area (Å²) in [4.78, 5) is 59.0. The van der Waals surface area contributed by atoms with Crippen molar-refractivity contribution in [2.75, 3.05) is 9.80 Å². The van der Waals surface area contributed by atoms with Crippen LogP contribution in [0.15, 0.2) is 82.9 Å². The number of carbonyl (C=O) groups excluding carboxylic acids is 4. The average Bonchev–Trinajstić information content (AvgIpc) is 3.36. The van der Waals surface area contributed by atoms with Gasteiger partial charge in [-0.25, -0.2) is 9.80 Å². The number of halogens is 2. The summed E-state index contributed by atoms with van der Waals surface area (Å²) < 4.78 is 0.711. The van der Waals surface area contributed by atoms with Gasteiger partial charge in [-0.2, -0.15) is 0 Å². The number of aromatic hydroxyl groups is 1. The predicted molar refractivity (Wildman–Crippen MR) is 166 cm³/mol. The maximum Gasteiger partial charge on any atom is 0.241 e. The lowest BCUT2D eigenvalue weighted by molar-refractivity contribution is -0.131. The van der Waals surface area contributed by atoms with Gasteiger partial charge in [-0.15, -0.1) is 0 Å². The van der Waals surface area contributed by atoms with Crippen LogP contribution in [-0.4, -0.2) is 28.7 Å². The number of para-hydroxylation sites is 1. The number of hydrogen-bond donors (Lipinski definition) is 1. The fourth-order valence-electron chi connectivity index (χ4n) is 7.91. The normalized spacial score (nSPS) is 29.9. The summed E-state index contributed by atoms with van der Waals surface area (Å²) in [5, 5.41) is 11.6. The number of phenols is 1. The lowest BCUT2D eigenvalue weighted by atomic mass is 9.51. The van der Waals surface area contributed by atoms with Gasteiger partial charge in [0.15, 0.2) is 0 Å². The van der Waals surface area contributed by atoms with Crippen molar-refractivity contribution in [3.63, 3.8) is 0 Å². The van der Waals surface area contributed by atoms with Gasteiger partial charge >= 0.3 is 0 Å². The molecule has 3 aromatic carbocycles. The smallest absolute Gasteiger partial charge is 0.241 e. The molecule has 7 rings (SSSR count). The minimum atomic E-state index is -1.23. The van der Waals surface area contributed by atoms with E-state index in [0.29, 0.717) is 32.9 Å². The highest BCUT2D eigenvalue weighted by molar-refractivity contribution is 9.10. The zero-order valence-electron chi connectivity index (χ0n) is 23.5. The summed E-state index contributed by atoms with van der Waals surface area (Å²) in [7, 11) is 0. The van der Waals surface area contributed by atoms with E-state index in [4.69, 9.17) is 11.6 Å². The first-order valence-electron chi connectivity index (χ1n) is 14.3. The van der Waals surface area contributed by atoms with E-state index in [1.54, 1.807) is 67.6 Å². The van der Waals surface area contributed by atoms with E-state index in [1.807, 2.05) is 19.1 Å². The monoisotopic (exact) mass is 658 g/mol. The SMILES string of the molecule is Cc1ccc(N2C(=O)[C@H]3[C@H](CC=C4[C@H]3C[C@H]3C(=O)N(c5ccccc5)C(=O)[C@@]3(C)[C@H]4c3cc(Br)ccc3O)C2=O)cc1Cl. The molecule has 3 fully saturated rings. The van der Waals surface area contributed by atoms with Crippen LogP contribution < -0.4 is 9.80 Å². The second kappa shape index (κ2) is 9.89. The molecule has 0 spiro atoms. The van der Waals surface area contributed by atoms with Crippen LogP contribution in [-0.2, 0) is 19.2 Å². The first-order valence-corrected chi connectivity index (χ1v) is 15.5. The highest BCUT2D eigenvalue weighted by Crippen LogP contribution is 2.64. The maximum absolute atomic E-state index is 14.4. The minimum absolute atomic E-state index is 0.00000667. The van der Waals surface area contributed by atoms with Crippen LogP contribution in [0.3, 0.4) is 0 Å². The number of carbonyl (C=O) groups is 4. The van der Waals surface area contributed by atoms with E-state index >= 15 is 0 Å². The van der Waals surface area contributed by atoms with Crippen LogP contribution in [0, 0.1) is 36.0 Å². The molecule has 2 aliphatic heterocycles. The molecular weight excluding hydrogens is 632 g/mol. The Morgan fingerprint density at radius 1 is 0.884 bits per heavy atom. The molecule has 0 unspecified atom stereocenters. The molecule has 9 heteroatoms. The Kier molecular flexibility index (Phi) is 6.45. The molecule has 43 heavy (non-hydrogen) atoms. The van der Waals surface area contributed by atoms with Crippen molar-refractivity contribution in [2.45, 2.75) is 32.6 Å². The Hall–Kier alpha value is -3.75. The number of imide groups is 2. The molecule has 1 saturated carbocycles. The molecule has 4 aliphatic rings. The molecule has 3 aromatic rings. The number of phenolic OH excluding ortho intramolecular Hbond substituents is 1. The Morgan fingerprint density at radius 3 is 2.35 bits per heavy atom. The summed E-state index contributed by atoms with van der Waals surface area (Å²) in [5.41, 5.74) is 1.83. The van der Waals surface area contributed by atoms with Gasteiger partial charge in [-0.05, 0) is 80.6 Å². The van der Waals surface area contributed by atoms with Gasteiger partial charge in [0.05, 0.1) is 34.5 Å². The average molecular weight is 660 g/mol. The van der Waals surface area contributed by atoms with E-state index in [1.165, 1.54) is 9.80 Å². The van der Waals surface area contributed by atoms with Gasteiger partial charge in [0, 0.05) is 21.0 Å². The number of benzene rings is 3. The topological polar surface area (TPSA) is 95.0 Å². The first kappa shape index (κ1) is 28.0. The van der Waals surface area contributed by atoms with Gasteiger partial charge < -0.3 is 5.11 Å². The minimum Gasteiger partial charge on any atom is -0.508 e. The van der Waals surface area contributed by atoms with Crippen molar-refractivity contribution in [3.8, 4) is 5.75 Å². The maximum atomic E-state index is 14.4. The van der Waals surface area contributed by atoms with Crippen LogP contribution in [0.25, 0.3) is 0 Å². The summed E-state index contributed by atoms with van der Waals surface area (Å²) in [5.74, 6) is -4.54. The quantitative estimate of drug-likeness (QED) is 0.254. The second-order valence-corrected chi connectivity index (χ2v) is 13.5. The van der Waals surface area contributed by atoms with Crippen molar-refractivity contribution in [1.82, 2.24) is 0 Å². The molecule has 7 nitrogen and oxygen atoms in total. The van der Waals surface area contributed by atoms with E-state index in [-0.39, 0.29) is 35.8 Å². The fraction of sp³-hybridized carbons (Fsp3) is 0.294. The molecule has 2 saturated heterocycles. The zero-order valence-corrected chi connectivity index (χ0v) is 25.8. The number of amides is 4. The number of hydrogen-bond acceptors (Lipinski definition) is 5. The van der Waals surface area contributed by atoms with Gasteiger partial charge in [0.2, 0.25) is 23.6 Å². The molecule has 0 radical (unpaired) electrons. The van der Waals surface area contributed by atoms with Crippen LogP contribution in [0.2, 0.25) is 5.02 Å². The lowest BCUT2D eigenvalue weighted by Crippen LogP contribution is -2.48. The Bertz CT molecular complexity index is 1770. The van der Waals surface area contributed by atoms with Crippen molar-refractivity contribution in [1.29, 1.82) is 0 Å². The summed E-state index contributed by atoms with van der Waals surface area (Å²) >= 11 is 9.89. The first-order chi connectivity index (χ1) is 20.5. The van der Waals surface area contributed by atoms with Crippen molar-refractivity contribution >= 4 is 62.5 Å². The molecule has 218 valence electrons. The molecule has 4 amide bonds. The van der Waals surface area contributed by atoms with Crippen molar-refractivity contribution in [2.24, 2.45) is 29.1 Å². The van der Waals surface area contributed by atoms with E-state index in [2.05, 4.69) is 15.9 Å². The molecule has 1 N–H and O–H groups in total. The van der Waals surface area contributed by atoms with E-state index in [0.717, 1.165) is 11.1 Å². The number of anilines is 2. The summed E-state index contributed by atoms with van der Waals surface area (Å²) in [6, 6.07) is 19.0. The molecule has 2 heterocycles. The number of nitrogens with zero attached hydrogens (tertiary/aromatic N) is 2. The number of rotatable bonds is 3.